The SMILES string of the molecule is COCCNc1ccc(C(=O)N[C@@H](CO)c2ccccc2OC(F)(F)F)cc1[N+](=O)[O-]. The summed E-state index contributed by atoms with van der Waals surface area (Å²) in [6.45, 7) is -0.134. The maximum atomic E-state index is 12.6. The Labute approximate surface area is 174 Å². The molecule has 0 saturated carbocycles. The molecule has 1 amide bonds. The number of nitro groups is 1. The summed E-state index contributed by atoms with van der Waals surface area (Å²) < 4.78 is 46.7. The number of methoxy groups -OCH3 is 1. The lowest BCUT2D eigenvalue weighted by Gasteiger charge is -2.20. The molecule has 2 aromatic rings. The fraction of sp³-hybridized carbons (Fsp3) is 0.316. The number of hydrogen-bond acceptors (Lipinski definition) is 7. The number of aliphatic hydroxyl groups excluding tert-OH is 1. The van der Waals surface area contributed by atoms with Crippen LogP contribution in [0.25, 0.3) is 0 Å². The molecule has 168 valence electrons. The zero-order valence-corrected chi connectivity index (χ0v) is 16.3. The molecule has 0 unspecified atom stereocenters. The molecule has 1 atom stereocenters. The number of nitrogens with zero attached hydrogens (tertiary/aromatic N) is 1. The highest BCUT2D eigenvalue weighted by Crippen LogP contribution is 2.31. The van der Waals surface area contributed by atoms with Crippen molar-refractivity contribution >= 4 is 17.3 Å². The molecule has 0 aromatic heterocycles. The molecule has 9 nitrogen and oxygen atoms in total. The maximum absolute atomic E-state index is 12.6. The molecule has 31 heavy (non-hydrogen) atoms. The maximum Gasteiger partial charge on any atom is 0.573 e. The van der Waals surface area contributed by atoms with E-state index >= 15 is 0 Å². The van der Waals surface area contributed by atoms with E-state index in [0.29, 0.717) is 13.2 Å². The van der Waals surface area contributed by atoms with Gasteiger partial charge in [0.25, 0.3) is 11.6 Å². The van der Waals surface area contributed by atoms with Crippen molar-refractivity contribution in [3.63, 3.8) is 0 Å². The zero-order chi connectivity index (χ0) is 23.0. The first-order valence-corrected chi connectivity index (χ1v) is 8.94. The Bertz CT molecular complexity index is 923. The van der Waals surface area contributed by atoms with Crippen LogP contribution >= 0.6 is 0 Å². The van der Waals surface area contributed by atoms with Crippen LogP contribution in [0.4, 0.5) is 24.5 Å². The Morgan fingerprint density at radius 3 is 2.58 bits per heavy atom. The lowest BCUT2D eigenvalue weighted by atomic mass is 10.1. The molecule has 0 aliphatic heterocycles. The van der Waals surface area contributed by atoms with Crippen molar-refractivity contribution in [2.75, 3.05) is 32.2 Å². The van der Waals surface area contributed by atoms with Gasteiger partial charge in [0.15, 0.2) is 0 Å². The number of nitrogens with one attached hydrogen (secondary N) is 2. The van der Waals surface area contributed by atoms with Gasteiger partial charge < -0.3 is 25.2 Å². The van der Waals surface area contributed by atoms with Gasteiger partial charge in [0, 0.05) is 30.8 Å². The summed E-state index contributed by atoms with van der Waals surface area (Å²) in [6.07, 6.45) is -4.97. The standard InChI is InChI=1S/C19H20F3N3O6/c1-30-9-8-23-14-7-6-12(10-16(14)25(28)29)18(27)24-15(11-26)13-4-2-3-5-17(13)31-19(20,21)22/h2-7,10,15,23,26H,8-9,11H2,1H3,(H,24,27)/t15-/m0/s1. The molecular weight excluding hydrogens is 423 g/mol. The number of rotatable bonds is 10. The van der Waals surface area contributed by atoms with Gasteiger partial charge in [0.2, 0.25) is 0 Å². The van der Waals surface area contributed by atoms with Gasteiger partial charge in [-0.15, -0.1) is 13.2 Å². The third kappa shape index (κ3) is 6.83. The third-order valence-electron chi connectivity index (χ3n) is 4.09. The summed E-state index contributed by atoms with van der Waals surface area (Å²) in [5, 5.41) is 26.1. The van der Waals surface area contributed by atoms with Crippen LogP contribution < -0.4 is 15.4 Å². The number of halogens is 3. The Balaban J connectivity index is 2.25. The summed E-state index contributed by atoms with van der Waals surface area (Å²) in [5.74, 6) is -1.41. The van der Waals surface area contributed by atoms with Crippen LogP contribution in [0, 0.1) is 10.1 Å². The van der Waals surface area contributed by atoms with Gasteiger partial charge in [-0.25, -0.2) is 0 Å². The molecule has 0 saturated heterocycles. The molecule has 0 radical (unpaired) electrons. The largest absolute Gasteiger partial charge is 0.573 e. The smallest absolute Gasteiger partial charge is 0.405 e. The third-order valence-corrected chi connectivity index (χ3v) is 4.09. The number of aliphatic hydroxyl groups is 1. The summed E-state index contributed by atoms with van der Waals surface area (Å²) in [4.78, 5) is 23.2. The summed E-state index contributed by atoms with van der Waals surface area (Å²) in [6, 6.07) is 7.44. The summed E-state index contributed by atoms with van der Waals surface area (Å²) in [7, 11) is 1.47. The second kappa shape index (κ2) is 10.6. The summed E-state index contributed by atoms with van der Waals surface area (Å²) in [5.41, 5.74) is -0.425. The number of ether oxygens (including phenoxy) is 2. The van der Waals surface area contributed by atoms with Crippen LogP contribution in [0.1, 0.15) is 22.0 Å². The average Bonchev–Trinajstić information content (AvgIpc) is 2.71. The normalized spacial score (nSPS) is 12.2. The molecule has 0 spiro atoms. The molecular formula is C19H20F3N3O6. The van der Waals surface area contributed by atoms with Crippen molar-refractivity contribution in [2.24, 2.45) is 0 Å². The molecule has 2 rings (SSSR count). The molecule has 0 aliphatic carbocycles. The number of nitro benzene ring substituents is 1. The van der Waals surface area contributed by atoms with Crippen LogP contribution in [0.3, 0.4) is 0 Å². The second-order valence-electron chi connectivity index (χ2n) is 6.20. The lowest BCUT2D eigenvalue weighted by molar-refractivity contribution is -0.384. The fourth-order valence-electron chi connectivity index (χ4n) is 2.71. The fourth-order valence-corrected chi connectivity index (χ4v) is 2.71. The molecule has 0 aliphatic rings. The highest BCUT2D eigenvalue weighted by Gasteiger charge is 2.33. The molecule has 2 aromatic carbocycles. The molecule has 3 N–H and O–H groups in total. The monoisotopic (exact) mass is 443 g/mol. The van der Waals surface area contributed by atoms with Crippen LogP contribution in [0.2, 0.25) is 0 Å². The van der Waals surface area contributed by atoms with Crippen molar-refractivity contribution in [3.05, 3.63) is 63.7 Å². The van der Waals surface area contributed by atoms with E-state index < -0.39 is 35.6 Å². The van der Waals surface area contributed by atoms with Crippen molar-refractivity contribution in [3.8, 4) is 5.75 Å². The number of carbonyl (C=O) groups is 1. The first-order chi connectivity index (χ1) is 14.7. The number of alkyl halides is 3. The van der Waals surface area contributed by atoms with Crippen LogP contribution in [0.5, 0.6) is 5.75 Å². The average molecular weight is 443 g/mol. The van der Waals surface area contributed by atoms with Crippen molar-refractivity contribution < 1.29 is 37.5 Å². The first-order valence-electron chi connectivity index (χ1n) is 8.94. The van der Waals surface area contributed by atoms with E-state index in [0.717, 1.165) is 12.1 Å². The van der Waals surface area contributed by atoms with Gasteiger partial charge in [-0.1, -0.05) is 18.2 Å². The van der Waals surface area contributed by atoms with Gasteiger partial charge >= 0.3 is 6.36 Å². The van der Waals surface area contributed by atoms with E-state index in [-0.39, 0.29) is 22.5 Å². The zero-order valence-electron chi connectivity index (χ0n) is 16.3. The Kier molecular flexibility index (Phi) is 8.16. The van der Waals surface area contributed by atoms with E-state index in [4.69, 9.17) is 4.74 Å². The molecule has 0 fully saturated rings. The Morgan fingerprint density at radius 2 is 1.97 bits per heavy atom. The van der Waals surface area contributed by atoms with Crippen molar-refractivity contribution in [1.29, 1.82) is 0 Å². The summed E-state index contributed by atoms with van der Waals surface area (Å²) >= 11 is 0. The van der Waals surface area contributed by atoms with Gasteiger partial charge in [0.1, 0.15) is 11.4 Å². The van der Waals surface area contributed by atoms with Crippen molar-refractivity contribution in [2.45, 2.75) is 12.4 Å². The van der Waals surface area contributed by atoms with Gasteiger partial charge in [0.05, 0.1) is 24.2 Å². The molecule has 0 bridgehead atoms. The minimum atomic E-state index is -4.97. The van der Waals surface area contributed by atoms with Gasteiger partial charge in [-0.05, 0) is 18.2 Å². The van der Waals surface area contributed by atoms with Crippen LogP contribution in [0.15, 0.2) is 42.5 Å². The van der Waals surface area contributed by atoms with E-state index in [1.165, 1.54) is 37.4 Å². The number of para-hydroxylation sites is 1. The first kappa shape index (κ1) is 23.9. The topological polar surface area (TPSA) is 123 Å². The highest BCUT2D eigenvalue weighted by atomic mass is 19.4. The number of carbonyl (C=O) groups excluding carboxylic acids is 1. The molecule has 12 heteroatoms. The highest BCUT2D eigenvalue weighted by molar-refractivity contribution is 5.96. The van der Waals surface area contributed by atoms with Crippen LogP contribution in [-0.2, 0) is 4.74 Å². The quantitative estimate of drug-likeness (QED) is 0.293. The van der Waals surface area contributed by atoms with Gasteiger partial charge in [-0.2, -0.15) is 0 Å². The Hall–Kier alpha value is -3.38. The minimum absolute atomic E-state index is 0.108. The predicted octanol–water partition coefficient (Wildman–Crippen LogP) is 3.02. The van der Waals surface area contributed by atoms with Crippen LogP contribution in [-0.4, -0.2) is 49.2 Å². The van der Waals surface area contributed by atoms with E-state index in [1.54, 1.807) is 0 Å². The van der Waals surface area contributed by atoms with E-state index in [2.05, 4.69) is 15.4 Å². The van der Waals surface area contributed by atoms with E-state index in [1.807, 2.05) is 0 Å². The number of benzene rings is 2. The van der Waals surface area contributed by atoms with E-state index in [9.17, 15) is 33.2 Å². The number of hydrogen-bond donors (Lipinski definition) is 3. The Morgan fingerprint density at radius 1 is 1.26 bits per heavy atom. The molecule has 0 heterocycles. The predicted molar refractivity (Wildman–Crippen MR) is 104 cm³/mol. The minimum Gasteiger partial charge on any atom is -0.405 e. The number of amides is 1. The lowest BCUT2D eigenvalue weighted by Crippen LogP contribution is -2.31. The number of anilines is 1. The van der Waals surface area contributed by atoms with Gasteiger partial charge in [-0.3, -0.25) is 14.9 Å². The van der Waals surface area contributed by atoms with Crippen molar-refractivity contribution in [1.82, 2.24) is 5.32 Å². The second-order valence-corrected chi connectivity index (χ2v) is 6.20.